The molecule has 188 valence electrons. The molecule has 2 heterocycles. The Labute approximate surface area is 210 Å². The lowest BCUT2D eigenvalue weighted by molar-refractivity contribution is 0.414. The molecule has 0 saturated carbocycles. The Kier molecular flexibility index (Phi) is 6.40. The molecule has 3 aromatic carbocycles. The zero-order valence-corrected chi connectivity index (χ0v) is 20.1. The lowest BCUT2D eigenvalue weighted by atomic mass is 10.2. The number of nitrogens with one attached hydrogen (secondary N) is 1. The second-order valence-electron chi connectivity index (χ2n) is 7.96. The van der Waals surface area contributed by atoms with Crippen molar-refractivity contribution in [1.82, 2.24) is 19.7 Å². The Morgan fingerprint density at radius 1 is 1.03 bits per heavy atom. The van der Waals surface area contributed by atoms with Gasteiger partial charge >= 0.3 is 0 Å². The SMILES string of the molecule is COc1ccc(-c2noc(-c3cn(Cc4ccc(NS(=O)(=O)c5ccc(F)cc5F)cc4)cn3)n2)cc1. The van der Waals surface area contributed by atoms with Gasteiger partial charge in [0.2, 0.25) is 5.82 Å². The van der Waals surface area contributed by atoms with E-state index in [9.17, 15) is 17.2 Å². The minimum atomic E-state index is -4.22. The Hall–Kier alpha value is -4.58. The first-order valence-corrected chi connectivity index (χ1v) is 12.4. The number of rotatable bonds is 8. The molecule has 5 rings (SSSR count). The Morgan fingerprint density at radius 3 is 2.49 bits per heavy atom. The fourth-order valence-corrected chi connectivity index (χ4v) is 4.65. The topological polar surface area (TPSA) is 112 Å². The van der Waals surface area contributed by atoms with Gasteiger partial charge in [-0.05, 0) is 54.1 Å². The number of sulfonamides is 1. The Morgan fingerprint density at radius 2 is 1.78 bits per heavy atom. The molecular formula is C25H19F2N5O4S. The number of aromatic nitrogens is 4. The smallest absolute Gasteiger partial charge is 0.278 e. The molecule has 0 radical (unpaired) electrons. The lowest BCUT2D eigenvalue weighted by Crippen LogP contribution is -2.14. The minimum Gasteiger partial charge on any atom is -0.497 e. The van der Waals surface area contributed by atoms with Gasteiger partial charge < -0.3 is 13.8 Å². The van der Waals surface area contributed by atoms with Crippen molar-refractivity contribution in [2.45, 2.75) is 11.4 Å². The van der Waals surface area contributed by atoms with Gasteiger partial charge in [0.1, 0.15) is 28.0 Å². The van der Waals surface area contributed by atoms with Gasteiger partial charge in [-0.1, -0.05) is 17.3 Å². The molecule has 0 fully saturated rings. The van der Waals surface area contributed by atoms with Crippen LogP contribution in [0.3, 0.4) is 0 Å². The number of nitrogens with zero attached hydrogens (tertiary/aromatic N) is 4. The van der Waals surface area contributed by atoms with Crippen LogP contribution in [0.25, 0.3) is 23.0 Å². The largest absolute Gasteiger partial charge is 0.497 e. The summed E-state index contributed by atoms with van der Waals surface area (Å²) < 4.78 is 66.5. The number of ether oxygens (including phenoxy) is 1. The molecule has 0 amide bonds. The number of imidazole rings is 1. The van der Waals surface area contributed by atoms with E-state index in [1.54, 1.807) is 60.6 Å². The molecule has 0 saturated heterocycles. The van der Waals surface area contributed by atoms with E-state index in [1.807, 2.05) is 12.1 Å². The van der Waals surface area contributed by atoms with Crippen molar-refractivity contribution in [3.05, 3.63) is 96.5 Å². The molecular weight excluding hydrogens is 504 g/mol. The van der Waals surface area contributed by atoms with Crippen molar-refractivity contribution in [2.75, 3.05) is 11.8 Å². The number of halogens is 2. The second kappa shape index (κ2) is 9.82. The van der Waals surface area contributed by atoms with E-state index < -0.39 is 26.6 Å². The quantitative estimate of drug-likeness (QED) is 0.313. The fraction of sp³-hybridized carbons (Fsp3) is 0.0800. The van der Waals surface area contributed by atoms with Gasteiger partial charge in [0, 0.05) is 30.1 Å². The van der Waals surface area contributed by atoms with Crippen molar-refractivity contribution < 1.29 is 26.5 Å². The monoisotopic (exact) mass is 523 g/mol. The highest BCUT2D eigenvalue weighted by Crippen LogP contribution is 2.24. The summed E-state index contributed by atoms with van der Waals surface area (Å²) in [6, 6.07) is 16.1. The summed E-state index contributed by atoms with van der Waals surface area (Å²) >= 11 is 0. The van der Waals surface area contributed by atoms with Crippen LogP contribution in [0.4, 0.5) is 14.5 Å². The second-order valence-corrected chi connectivity index (χ2v) is 9.61. The average molecular weight is 524 g/mol. The van der Waals surface area contributed by atoms with Gasteiger partial charge in [-0.25, -0.2) is 22.2 Å². The predicted molar refractivity (Wildman–Crippen MR) is 130 cm³/mol. The maximum atomic E-state index is 13.9. The third-order valence-corrected chi connectivity index (χ3v) is 6.80. The third kappa shape index (κ3) is 5.33. The number of anilines is 1. The highest BCUT2D eigenvalue weighted by atomic mass is 32.2. The summed E-state index contributed by atoms with van der Waals surface area (Å²) in [5.41, 5.74) is 2.35. The first kappa shape index (κ1) is 24.1. The summed E-state index contributed by atoms with van der Waals surface area (Å²) in [5, 5.41) is 4.01. The van der Waals surface area contributed by atoms with E-state index in [-0.39, 0.29) is 11.6 Å². The van der Waals surface area contributed by atoms with Gasteiger partial charge in [-0.2, -0.15) is 4.98 Å². The molecule has 1 N–H and O–H groups in total. The van der Waals surface area contributed by atoms with Crippen LogP contribution >= 0.6 is 0 Å². The van der Waals surface area contributed by atoms with Crippen LogP contribution in [-0.4, -0.2) is 35.2 Å². The summed E-state index contributed by atoms with van der Waals surface area (Å²) in [6.07, 6.45) is 3.36. The van der Waals surface area contributed by atoms with E-state index in [1.165, 1.54) is 0 Å². The number of methoxy groups -OCH3 is 1. The third-order valence-electron chi connectivity index (χ3n) is 5.38. The van der Waals surface area contributed by atoms with E-state index >= 15 is 0 Å². The molecule has 0 aliphatic rings. The zero-order chi connectivity index (χ0) is 26.0. The molecule has 0 unspecified atom stereocenters. The van der Waals surface area contributed by atoms with Crippen LogP contribution in [-0.2, 0) is 16.6 Å². The van der Waals surface area contributed by atoms with Crippen LogP contribution in [0, 0.1) is 11.6 Å². The molecule has 0 aliphatic carbocycles. The van der Waals surface area contributed by atoms with Crippen molar-refractivity contribution in [3.63, 3.8) is 0 Å². The molecule has 0 spiro atoms. The molecule has 0 bridgehead atoms. The highest BCUT2D eigenvalue weighted by molar-refractivity contribution is 7.92. The standard InChI is InChI=1S/C25H19F2N5O4S/c1-35-20-9-4-17(5-10-20)24-29-25(36-30-24)22-14-32(15-28-22)13-16-2-7-19(8-3-16)31-37(33,34)23-11-6-18(26)12-21(23)27/h2-12,14-15,31H,13H2,1H3. The van der Waals surface area contributed by atoms with Gasteiger partial charge in [0.25, 0.3) is 15.9 Å². The first-order valence-electron chi connectivity index (χ1n) is 10.9. The summed E-state index contributed by atoms with van der Waals surface area (Å²) in [7, 11) is -2.63. The summed E-state index contributed by atoms with van der Waals surface area (Å²) in [4.78, 5) is 8.09. The van der Waals surface area contributed by atoms with Crippen LogP contribution < -0.4 is 9.46 Å². The molecule has 0 aliphatic heterocycles. The van der Waals surface area contributed by atoms with Crippen molar-refractivity contribution in [1.29, 1.82) is 0 Å². The average Bonchev–Trinajstić information content (AvgIpc) is 3.55. The van der Waals surface area contributed by atoms with E-state index in [2.05, 4.69) is 19.8 Å². The van der Waals surface area contributed by atoms with Crippen molar-refractivity contribution >= 4 is 15.7 Å². The van der Waals surface area contributed by atoms with E-state index in [4.69, 9.17) is 9.26 Å². The molecule has 37 heavy (non-hydrogen) atoms. The summed E-state index contributed by atoms with van der Waals surface area (Å²) in [6.45, 7) is 0.437. The minimum absolute atomic E-state index is 0.232. The summed E-state index contributed by atoms with van der Waals surface area (Å²) in [5.74, 6) is -0.621. The maximum absolute atomic E-state index is 13.9. The number of hydrogen-bond acceptors (Lipinski definition) is 7. The molecule has 5 aromatic rings. The number of hydrogen-bond donors (Lipinski definition) is 1. The fourth-order valence-electron chi connectivity index (χ4n) is 3.53. The van der Waals surface area contributed by atoms with Crippen LogP contribution in [0.2, 0.25) is 0 Å². The van der Waals surface area contributed by atoms with E-state index in [0.717, 1.165) is 29.0 Å². The van der Waals surface area contributed by atoms with Crippen LogP contribution in [0.5, 0.6) is 5.75 Å². The molecule has 9 nitrogen and oxygen atoms in total. The van der Waals surface area contributed by atoms with E-state index in [0.29, 0.717) is 24.1 Å². The van der Waals surface area contributed by atoms with Crippen LogP contribution in [0.15, 0.2) is 88.7 Å². The molecule has 12 heteroatoms. The Bertz CT molecular complexity index is 1650. The van der Waals surface area contributed by atoms with Gasteiger partial charge in [-0.15, -0.1) is 0 Å². The van der Waals surface area contributed by atoms with Crippen LogP contribution in [0.1, 0.15) is 5.56 Å². The lowest BCUT2D eigenvalue weighted by Gasteiger charge is -2.10. The number of benzene rings is 3. The first-order chi connectivity index (χ1) is 17.8. The van der Waals surface area contributed by atoms with Gasteiger partial charge in [0.15, 0.2) is 0 Å². The van der Waals surface area contributed by atoms with Crippen molar-refractivity contribution in [3.8, 4) is 28.7 Å². The zero-order valence-electron chi connectivity index (χ0n) is 19.3. The van der Waals surface area contributed by atoms with Crippen molar-refractivity contribution in [2.24, 2.45) is 0 Å². The predicted octanol–water partition coefficient (Wildman–Crippen LogP) is 4.74. The van der Waals surface area contributed by atoms with Gasteiger partial charge in [-0.3, -0.25) is 4.72 Å². The Balaban J connectivity index is 1.25. The van der Waals surface area contributed by atoms with Gasteiger partial charge in [0.05, 0.1) is 13.4 Å². The maximum Gasteiger partial charge on any atom is 0.278 e. The normalized spacial score (nSPS) is 11.4. The molecule has 2 aromatic heterocycles. The molecule has 0 atom stereocenters. The highest BCUT2D eigenvalue weighted by Gasteiger charge is 2.20.